The molecule has 1 rings (SSSR count). The van der Waals surface area contributed by atoms with Crippen molar-refractivity contribution >= 4 is 0 Å². The van der Waals surface area contributed by atoms with Gasteiger partial charge < -0.3 is 9.47 Å². The molecule has 0 bridgehead atoms. The zero-order valence-corrected chi connectivity index (χ0v) is 12.3. The summed E-state index contributed by atoms with van der Waals surface area (Å²) in [6.45, 7) is 11.0. The van der Waals surface area contributed by atoms with Gasteiger partial charge in [-0.25, -0.2) is 0 Å². The maximum absolute atomic E-state index is 5.82. The van der Waals surface area contributed by atoms with Crippen LogP contribution in [-0.2, 0) is 11.2 Å². The Kier molecular flexibility index (Phi) is 5.67. The molecule has 1 aromatic carbocycles. The monoisotopic (exact) mass is 250 g/mol. The molecule has 2 nitrogen and oxygen atoms in total. The smallest absolute Gasteiger partial charge is 0.119 e. The minimum atomic E-state index is -0.109. The molecule has 0 spiro atoms. The van der Waals surface area contributed by atoms with Crippen LogP contribution in [0.25, 0.3) is 0 Å². The lowest BCUT2D eigenvalue weighted by Gasteiger charge is -2.23. The largest absolute Gasteiger partial charge is 0.488 e. The van der Waals surface area contributed by atoms with Gasteiger partial charge in [-0.2, -0.15) is 0 Å². The third-order valence-electron chi connectivity index (χ3n) is 2.55. The first kappa shape index (κ1) is 15.0. The summed E-state index contributed by atoms with van der Waals surface area (Å²) < 4.78 is 11.5. The van der Waals surface area contributed by atoms with Gasteiger partial charge in [-0.05, 0) is 51.8 Å². The molecule has 2 heteroatoms. The Bertz CT molecular complexity index is 335. The zero-order valence-electron chi connectivity index (χ0n) is 12.3. The SMILES string of the molecule is CCCc1ccc(OC(C)COC(C)(C)C)cc1. The molecule has 0 aromatic heterocycles. The normalized spacial score (nSPS) is 13.4. The van der Waals surface area contributed by atoms with E-state index in [0.29, 0.717) is 6.61 Å². The van der Waals surface area contributed by atoms with Gasteiger partial charge in [0.1, 0.15) is 11.9 Å². The standard InChI is InChI=1S/C16H26O2/c1-6-7-14-8-10-15(11-9-14)18-13(2)12-17-16(3,4)5/h8-11,13H,6-7,12H2,1-5H3. The van der Waals surface area contributed by atoms with Gasteiger partial charge in [0.15, 0.2) is 0 Å². The molecule has 0 saturated carbocycles. The first-order chi connectivity index (χ1) is 8.40. The molecule has 1 atom stereocenters. The summed E-state index contributed by atoms with van der Waals surface area (Å²) in [7, 11) is 0. The summed E-state index contributed by atoms with van der Waals surface area (Å²) in [5.41, 5.74) is 1.26. The molecule has 0 fully saturated rings. The quantitative estimate of drug-likeness (QED) is 0.752. The van der Waals surface area contributed by atoms with Gasteiger partial charge in [0.25, 0.3) is 0 Å². The lowest BCUT2D eigenvalue weighted by atomic mass is 10.1. The van der Waals surface area contributed by atoms with Crippen molar-refractivity contribution in [1.29, 1.82) is 0 Å². The van der Waals surface area contributed by atoms with E-state index in [0.717, 1.165) is 12.2 Å². The topological polar surface area (TPSA) is 18.5 Å². The Balaban J connectivity index is 2.41. The van der Waals surface area contributed by atoms with E-state index >= 15 is 0 Å². The number of ether oxygens (including phenoxy) is 2. The van der Waals surface area contributed by atoms with E-state index in [4.69, 9.17) is 9.47 Å². The Morgan fingerprint density at radius 3 is 2.22 bits per heavy atom. The molecular weight excluding hydrogens is 224 g/mol. The minimum Gasteiger partial charge on any atom is -0.488 e. The number of benzene rings is 1. The predicted octanol–water partition coefficient (Wildman–Crippen LogP) is 4.22. The zero-order chi connectivity index (χ0) is 13.6. The van der Waals surface area contributed by atoms with Crippen molar-refractivity contribution in [2.75, 3.05) is 6.61 Å². The van der Waals surface area contributed by atoms with E-state index < -0.39 is 0 Å². The van der Waals surface area contributed by atoms with Crippen molar-refractivity contribution in [2.45, 2.75) is 59.2 Å². The van der Waals surface area contributed by atoms with Crippen LogP contribution in [0.15, 0.2) is 24.3 Å². The fourth-order valence-corrected chi connectivity index (χ4v) is 1.66. The Labute approximate surface area is 111 Å². The molecular formula is C16H26O2. The highest BCUT2D eigenvalue weighted by Crippen LogP contribution is 2.16. The second-order valence-electron chi connectivity index (χ2n) is 5.75. The summed E-state index contributed by atoms with van der Waals surface area (Å²) in [6, 6.07) is 8.35. The van der Waals surface area contributed by atoms with Crippen LogP contribution in [0.4, 0.5) is 0 Å². The molecule has 1 unspecified atom stereocenters. The summed E-state index contributed by atoms with van der Waals surface area (Å²) in [4.78, 5) is 0. The maximum Gasteiger partial charge on any atom is 0.119 e. The first-order valence-corrected chi connectivity index (χ1v) is 6.80. The lowest BCUT2D eigenvalue weighted by molar-refractivity contribution is -0.0374. The van der Waals surface area contributed by atoms with Crippen LogP contribution in [0.5, 0.6) is 5.75 Å². The van der Waals surface area contributed by atoms with Crippen LogP contribution >= 0.6 is 0 Å². The van der Waals surface area contributed by atoms with E-state index in [1.54, 1.807) is 0 Å². The molecule has 0 saturated heterocycles. The highest BCUT2D eigenvalue weighted by molar-refractivity contribution is 5.27. The Morgan fingerprint density at radius 2 is 1.72 bits per heavy atom. The van der Waals surface area contributed by atoms with Gasteiger partial charge in [0.2, 0.25) is 0 Å². The third-order valence-corrected chi connectivity index (χ3v) is 2.55. The van der Waals surface area contributed by atoms with Gasteiger partial charge in [-0.3, -0.25) is 0 Å². The van der Waals surface area contributed by atoms with Crippen LogP contribution in [0, 0.1) is 0 Å². The van der Waals surface area contributed by atoms with Gasteiger partial charge >= 0.3 is 0 Å². The lowest BCUT2D eigenvalue weighted by Crippen LogP contribution is -2.27. The Morgan fingerprint density at radius 1 is 1.11 bits per heavy atom. The summed E-state index contributed by atoms with van der Waals surface area (Å²) >= 11 is 0. The van der Waals surface area contributed by atoms with Crippen molar-refractivity contribution in [1.82, 2.24) is 0 Å². The number of hydrogen-bond donors (Lipinski definition) is 0. The second kappa shape index (κ2) is 6.79. The maximum atomic E-state index is 5.82. The van der Waals surface area contributed by atoms with E-state index in [-0.39, 0.29) is 11.7 Å². The van der Waals surface area contributed by atoms with Gasteiger partial charge in [-0.1, -0.05) is 25.5 Å². The molecule has 0 aliphatic carbocycles. The van der Waals surface area contributed by atoms with Gasteiger partial charge in [-0.15, -0.1) is 0 Å². The van der Waals surface area contributed by atoms with E-state index in [9.17, 15) is 0 Å². The van der Waals surface area contributed by atoms with E-state index in [1.807, 2.05) is 19.1 Å². The summed E-state index contributed by atoms with van der Waals surface area (Å²) in [5, 5.41) is 0. The molecule has 0 heterocycles. The van der Waals surface area contributed by atoms with Crippen molar-refractivity contribution in [3.8, 4) is 5.75 Å². The van der Waals surface area contributed by atoms with Crippen molar-refractivity contribution < 1.29 is 9.47 Å². The van der Waals surface area contributed by atoms with Crippen molar-refractivity contribution in [2.24, 2.45) is 0 Å². The van der Waals surface area contributed by atoms with Crippen LogP contribution in [-0.4, -0.2) is 18.3 Å². The highest BCUT2D eigenvalue weighted by Gasteiger charge is 2.13. The number of aryl methyl sites for hydroxylation is 1. The average Bonchev–Trinajstić information content (AvgIpc) is 2.29. The van der Waals surface area contributed by atoms with Crippen molar-refractivity contribution in [3.05, 3.63) is 29.8 Å². The fourth-order valence-electron chi connectivity index (χ4n) is 1.66. The second-order valence-corrected chi connectivity index (χ2v) is 5.75. The molecule has 0 amide bonds. The molecule has 102 valence electrons. The molecule has 0 radical (unpaired) electrons. The molecule has 1 aromatic rings. The van der Waals surface area contributed by atoms with E-state index in [2.05, 4.69) is 39.8 Å². The van der Waals surface area contributed by atoms with Crippen LogP contribution in [0.3, 0.4) is 0 Å². The minimum absolute atomic E-state index is 0.0706. The number of rotatable bonds is 6. The Hall–Kier alpha value is -1.02. The molecule has 0 N–H and O–H groups in total. The highest BCUT2D eigenvalue weighted by atomic mass is 16.5. The average molecular weight is 250 g/mol. The molecule has 18 heavy (non-hydrogen) atoms. The third kappa shape index (κ3) is 6.06. The van der Waals surface area contributed by atoms with Gasteiger partial charge in [0.05, 0.1) is 12.2 Å². The van der Waals surface area contributed by atoms with Crippen LogP contribution in [0.1, 0.15) is 46.6 Å². The molecule has 0 aliphatic heterocycles. The summed E-state index contributed by atoms with van der Waals surface area (Å²) in [6.07, 6.45) is 2.38. The first-order valence-electron chi connectivity index (χ1n) is 6.80. The predicted molar refractivity (Wildman–Crippen MR) is 76.2 cm³/mol. The number of hydrogen-bond acceptors (Lipinski definition) is 2. The van der Waals surface area contributed by atoms with Gasteiger partial charge in [0, 0.05) is 0 Å². The summed E-state index contributed by atoms with van der Waals surface area (Å²) in [5.74, 6) is 0.917. The van der Waals surface area contributed by atoms with Crippen LogP contribution in [0.2, 0.25) is 0 Å². The van der Waals surface area contributed by atoms with E-state index in [1.165, 1.54) is 12.0 Å². The fraction of sp³-hybridized carbons (Fsp3) is 0.625. The van der Waals surface area contributed by atoms with Crippen LogP contribution < -0.4 is 4.74 Å². The molecule has 0 aliphatic rings. The van der Waals surface area contributed by atoms with Crippen molar-refractivity contribution in [3.63, 3.8) is 0 Å².